The molecular weight excluding hydrogens is 336 g/mol. The second-order valence-corrected chi connectivity index (χ2v) is 7.69. The van der Waals surface area contributed by atoms with E-state index in [9.17, 15) is 4.79 Å². The second-order valence-electron chi connectivity index (χ2n) is 7.69. The average Bonchev–Trinajstić information content (AvgIpc) is 3.51. The molecule has 3 aromatic rings. The number of aryl methyl sites for hydroxylation is 1. The van der Waals surface area contributed by atoms with E-state index in [1.165, 1.54) is 12.8 Å². The zero-order valence-electron chi connectivity index (χ0n) is 16.2. The number of nitrogens with zero attached hydrogens (tertiary/aromatic N) is 4. The Hall–Kier alpha value is -2.82. The molecule has 5 nitrogen and oxygen atoms in total. The van der Waals surface area contributed by atoms with E-state index in [0.717, 1.165) is 33.5 Å². The molecule has 0 N–H and O–H groups in total. The number of benzene rings is 1. The topological polar surface area (TPSA) is 59.0 Å². The Morgan fingerprint density at radius 3 is 2.48 bits per heavy atom. The molecule has 1 amide bonds. The van der Waals surface area contributed by atoms with Gasteiger partial charge in [-0.25, -0.2) is 15.0 Å². The van der Waals surface area contributed by atoms with Gasteiger partial charge >= 0.3 is 0 Å². The highest BCUT2D eigenvalue weighted by Crippen LogP contribution is 2.38. The van der Waals surface area contributed by atoms with Crippen molar-refractivity contribution in [3.63, 3.8) is 0 Å². The number of aromatic nitrogens is 3. The smallest absolute Gasteiger partial charge is 0.254 e. The molecule has 1 fully saturated rings. The van der Waals surface area contributed by atoms with Gasteiger partial charge in [0.05, 0.1) is 16.8 Å². The fourth-order valence-corrected chi connectivity index (χ4v) is 3.11. The first kappa shape index (κ1) is 17.6. The maximum absolute atomic E-state index is 13.1. The fourth-order valence-electron chi connectivity index (χ4n) is 3.11. The van der Waals surface area contributed by atoms with E-state index in [1.807, 2.05) is 64.5 Å². The number of pyridine rings is 1. The standard InChI is InChI=1S/C22H24N4O/c1-13(2)26(4)22(27)18-10-19(25-20-9-14(3)5-8-17(18)20)16-11-23-21(24-12-16)15-6-7-15/h5,8-13,15H,6-7H2,1-4H3. The molecule has 0 aliphatic heterocycles. The van der Waals surface area contributed by atoms with Crippen LogP contribution in [-0.4, -0.2) is 38.8 Å². The van der Waals surface area contributed by atoms with Gasteiger partial charge in [-0.2, -0.15) is 0 Å². The Morgan fingerprint density at radius 1 is 1.15 bits per heavy atom. The van der Waals surface area contributed by atoms with Gasteiger partial charge in [0, 0.05) is 42.4 Å². The van der Waals surface area contributed by atoms with Crippen LogP contribution in [0.4, 0.5) is 0 Å². The van der Waals surface area contributed by atoms with Crippen LogP contribution in [0.1, 0.15) is 54.4 Å². The predicted molar refractivity (Wildman–Crippen MR) is 107 cm³/mol. The molecule has 1 aromatic carbocycles. The van der Waals surface area contributed by atoms with E-state index in [-0.39, 0.29) is 11.9 Å². The first-order valence-electron chi connectivity index (χ1n) is 9.45. The Labute approximate surface area is 159 Å². The minimum atomic E-state index is -0.00183. The molecule has 1 aliphatic carbocycles. The van der Waals surface area contributed by atoms with Gasteiger partial charge in [-0.15, -0.1) is 0 Å². The van der Waals surface area contributed by atoms with Crippen molar-refractivity contribution < 1.29 is 4.79 Å². The number of carbonyl (C=O) groups excluding carboxylic acids is 1. The van der Waals surface area contributed by atoms with Gasteiger partial charge in [0.25, 0.3) is 5.91 Å². The SMILES string of the molecule is Cc1ccc2c(C(=O)N(C)C(C)C)cc(-c3cnc(C4CC4)nc3)nc2c1. The molecule has 0 saturated heterocycles. The average molecular weight is 360 g/mol. The number of amides is 1. The van der Waals surface area contributed by atoms with Crippen LogP contribution in [0.25, 0.3) is 22.2 Å². The van der Waals surface area contributed by atoms with E-state index in [0.29, 0.717) is 11.5 Å². The largest absolute Gasteiger partial charge is 0.339 e. The highest BCUT2D eigenvalue weighted by atomic mass is 16.2. The van der Waals surface area contributed by atoms with Crippen LogP contribution < -0.4 is 0 Å². The number of hydrogen-bond donors (Lipinski definition) is 0. The molecule has 2 aromatic heterocycles. The van der Waals surface area contributed by atoms with Crippen molar-refractivity contribution in [1.29, 1.82) is 0 Å². The van der Waals surface area contributed by atoms with Gasteiger partial charge < -0.3 is 4.90 Å². The zero-order valence-corrected chi connectivity index (χ0v) is 16.2. The number of hydrogen-bond acceptors (Lipinski definition) is 4. The fraction of sp³-hybridized carbons (Fsp3) is 0.364. The van der Waals surface area contributed by atoms with Gasteiger partial charge in [-0.3, -0.25) is 4.79 Å². The summed E-state index contributed by atoms with van der Waals surface area (Å²) in [6.45, 7) is 6.05. The summed E-state index contributed by atoms with van der Waals surface area (Å²) in [5.41, 5.74) is 4.17. The minimum absolute atomic E-state index is 0.00183. The third kappa shape index (κ3) is 3.42. The lowest BCUT2D eigenvalue weighted by Crippen LogP contribution is -2.33. The normalized spacial score (nSPS) is 14.0. The van der Waals surface area contributed by atoms with E-state index in [1.54, 1.807) is 4.90 Å². The van der Waals surface area contributed by atoms with Crippen molar-refractivity contribution >= 4 is 16.8 Å². The Bertz CT molecular complexity index is 1010. The van der Waals surface area contributed by atoms with E-state index in [2.05, 4.69) is 9.97 Å². The van der Waals surface area contributed by atoms with Gasteiger partial charge in [0.15, 0.2) is 0 Å². The number of carbonyl (C=O) groups is 1. The Morgan fingerprint density at radius 2 is 1.85 bits per heavy atom. The molecule has 0 atom stereocenters. The molecule has 138 valence electrons. The molecule has 0 unspecified atom stereocenters. The summed E-state index contributed by atoms with van der Waals surface area (Å²) in [4.78, 5) is 28.6. The number of fused-ring (bicyclic) bond motifs is 1. The monoisotopic (exact) mass is 360 g/mol. The lowest BCUT2D eigenvalue weighted by Gasteiger charge is -2.22. The third-order valence-corrected chi connectivity index (χ3v) is 5.20. The highest BCUT2D eigenvalue weighted by Gasteiger charge is 2.26. The summed E-state index contributed by atoms with van der Waals surface area (Å²) in [5, 5.41) is 0.873. The molecule has 1 aliphatic rings. The summed E-state index contributed by atoms with van der Waals surface area (Å²) in [6, 6.07) is 8.01. The minimum Gasteiger partial charge on any atom is -0.339 e. The first-order valence-corrected chi connectivity index (χ1v) is 9.45. The van der Waals surface area contributed by atoms with Crippen molar-refractivity contribution in [1.82, 2.24) is 19.9 Å². The second kappa shape index (κ2) is 6.72. The lowest BCUT2D eigenvalue weighted by atomic mass is 10.0. The first-order chi connectivity index (χ1) is 12.9. The molecule has 5 heteroatoms. The van der Waals surface area contributed by atoms with Crippen LogP contribution in [0, 0.1) is 6.92 Å². The van der Waals surface area contributed by atoms with E-state index >= 15 is 0 Å². The summed E-state index contributed by atoms with van der Waals surface area (Å²) in [6.07, 6.45) is 6.00. The molecule has 27 heavy (non-hydrogen) atoms. The molecule has 0 bridgehead atoms. The lowest BCUT2D eigenvalue weighted by molar-refractivity contribution is 0.0757. The van der Waals surface area contributed by atoms with E-state index in [4.69, 9.17) is 4.98 Å². The van der Waals surface area contributed by atoms with Gasteiger partial charge in [0.1, 0.15) is 5.82 Å². The molecule has 0 radical (unpaired) electrons. The Kier molecular flexibility index (Phi) is 4.38. The van der Waals surface area contributed by atoms with Crippen LogP contribution in [0.5, 0.6) is 0 Å². The maximum Gasteiger partial charge on any atom is 0.254 e. The molecule has 4 rings (SSSR count). The third-order valence-electron chi connectivity index (χ3n) is 5.20. The van der Waals surface area contributed by atoms with Crippen molar-refractivity contribution in [3.8, 4) is 11.3 Å². The summed E-state index contributed by atoms with van der Waals surface area (Å²) in [5.74, 6) is 1.42. The van der Waals surface area contributed by atoms with Crippen LogP contribution in [0.2, 0.25) is 0 Å². The molecular formula is C22H24N4O. The van der Waals surface area contributed by atoms with Crippen molar-refractivity contribution in [2.45, 2.75) is 45.6 Å². The van der Waals surface area contributed by atoms with Crippen LogP contribution in [0.15, 0.2) is 36.7 Å². The van der Waals surface area contributed by atoms with Gasteiger partial charge in [0.2, 0.25) is 0 Å². The van der Waals surface area contributed by atoms with Crippen LogP contribution >= 0.6 is 0 Å². The molecule has 0 spiro atoms. The van der Waals surface area contributed by atoms with Crippen LogP contribution in [0.3, 0.4) is 0 Å². The van der Waals surface area contributed by atoms with Gasteiger partial charge in [-0.05, 0) is 51.3 Å². The van der Waals surface area contributed by atoms with Crippen molar-refractivity contribution in [3.05, 3.63) is 53.6 Å². The Balaban J connectivity index is 1.84. The molecule has 1 saturated carbocycles. The van der Waals surface area contributed by atoms with Crippen molar-refractivity contribution in [2.24, 2.45) is 0 Å². The van der Waals surface area contributed by atoms with Gasteiger partial charge in [-0.1, -0.05) is 12.1 Å². The maximum atomic E-state index is 13.1. The molecule has 2 heterocycles. The predicted octanol–water partition coefficient (Wildman–Crippen LogP) is 4.36. The summed E-state index contributed by atoms with van der Waals surface area (Å²) in [7, 11) is 1.83. The van der Waals surface area contributed by atoms with Crippen LogP contribution in [-0.2, 0) is 0 Å². The van der Waals surface area contributed by atoms with E-state index < -0.39 is 0 Å². The zero-order chi connectivity index (χ0) is 19.1. The highest BCUT2D eigenvalue weighted by molar-refractivity contribution is 6.07. The summed E-state index contributed by atoms with van der Waals surface area (Å²) >= 11 is 0. The van der Waals surface area contributed by atoms with Crippen molar-refractivity contribution in [2.75, 3.05) is 7.05 Å². The quantitative estimate of drug-likeness (QED) is 0.694. The number of rotatable bonds is 4. The summed E-state index contributed by atoms with van der Waals surface area (Å²) < 4.78 is 0.